The molecule has 0 saturated carbocycles. The lowest BCUT2D eigenvalue weighted by atomic mass is 9.81. The fourth-order valence-electron chi connectivity index (χ4n) is 3.77. The third-order valence-corrected chi connectivity index (χ3v) is 5.30. The molecule has 0 radical (unpaired) electrons. The van der Waals surface area contributed by atoms with Gasteiger partial charge < -0.3 is 19.5 Å². The Morgan fingerprint density at radius 3 is 2.63 bits per heavy atom. The van der Waals surface area contributed by atoms with Gasteiger partial charge >= 0.3 is 12.3 Å². The number of methoxy groups -OCH3 is 1. The van der Waals surface area contributed by atoms with E-state index in [2.05, 4.69) is 24.8 Å². The van der Waals surface area contributed by atoms with Crippen molar-refractivity contribution in [2.45, 2.75) is 18.3 Å². The topological polar surface area (TPSA) is 99.6 Å². The molecule has 4 rings (SSSR count). The van der Waals surface area contributed by atoms with Gasteiger partial charge in [-0.1, -0.05) is 6.07 Å². The molecule has 1 aromatic carbocycles. The van der Waals surface area contributed by atoms with Crippen LogP contribution in [-0.2, 0) is 10.3 Å². The second-order valence-corrected chi connectivity index (χ2v) is 7.42. The molecule has 182 valence electrons. The number of nitrogens with zero attached hydrogens (tertiary/aromatic N) is 2. The molecule has 0 spiro atoms. The summed E-state index contributed by atoms with van der Waals surface area (Å²) in [6.45, 7) is 0.0804. The first kappa shape index (κ1) is 23.9. The van der Waals surface area contributed by atoms with Crippen LogP contribution in [0.25, 0.3) is 0 Å². The molecule has 1 N–H and O–H groups in total. The first-order chi connectivity index (χ1) is 16.6. The molecule has 0 unspecified atom stereocenters. The molecule has 3 heterocycles. The summed E-state index contributed by atoms with van der Waals surface area (Å²) in [4.78, 5) is 33.4. The molecule has 8 nitrogen and oxygen atoms in total. The van der Waals surface area contributed by atoms with Crippen LogP contribution >= 0.6 is 0 Å². The lowest BCUT2D eigenvalue weighted by Gasteiger charge is -2.39. The number of carbonyl (C=O) groups excluding carboxylic acids is 2. The molecular weight excluding hydrogens is 474 g/mol. The van der Waals surface area contributed by atoms with Crippen LogP contribution in [0.1, 0.15) is 38.5 Å². The van der Waals surface area contributed by atoms with E-state index < -0.39 is 35.3 Å². The summed E-state index contributed by atoms with van der Waals surface area (Å²) in [5.74, 6) is -3.44. The van der Waals surface area contributed by atoms with Crippen LogP contribution in [0.5, 0.6) is 11.5 Å². The van der Waals surface area contributed by atoms with Gasteiger partial charge in [-0.25, -0.2) is 9.18 Å². The molecular formula is C23H17F4N3O5. The minimum atomic E-state index is -5.09. The Kier molecular flexibility index (Phi) is 6.29. The van der Waals surface area contributed by atoms with E-state index in [-0.39, 0.29) is 35.5 Å². The number of halogens is 4. The average molecular weight is 491 g/mol. The second kappa shape index (κ2) is 9.20. The van der Waals surface area contributed by atoms with Gasteiger partial charge in [0.2, 0.25) is 0 Å². The molecule has 1 aliphatic rings. The highest BCUT2D eigenvalue weighted by molar-refractivity contribution is 5.97. The van der Waals surface area contributed by atoms with Gasteiger partial charge in [0.25, 0.3) is 5.91 Å². The molecule has 12 heteroatoms. The van der Waals surface area contributed by atoms with Crippen molar-refractivity contribution < 1.29 is 41.4 Å². The lowest BCUT2D eigenvalue weighted by Crippen LogP contribution is -2.50. The number of alkyl halides is 3. The van der Waals surface area contributed by atoms with Gasteiger partial charge in [-0.2, -0.15) is 0 Å². The number of aromatic nitrogens is 2. The lowest BCUT2D eigenvalue weighted by molar-refractivity contribution is -0.275. The minimum Gasteiger partial charge on any atom is -0.491 e. The molecule has 1 amide bonds. The average Bonchev–Trinajstić information content (AvgIpc) is 2.84. The SMILES string of the molecule is COC(=O)c1ccnc(C(=O)N[C@]2(c3ccc(OC(F)(F)F)c(F)c3)CCOc3cccnc32)c1. The van der Waals surface area contributed by atoms with E-state index in [9.17, 15) is 27.2 Å². The normalized spacial score (nSPS) is 17.1. The first-order valence-electron chi connectivity index (χ1n) is 10.1. The van der Waals surface area contributed by atoms with Gasteiger partial charge in [0.1, 0.15) is 22.7 Å². The molecule has 0 aliphatic carbocycles. The predicted octanol–water partition coefficient (Wildman–Crippen LogP) is 3.76. The number of benzene rings is 1. The van der Waals surface area contributed by atoms with E-state index in [1.54, 1.807) is 12.1 Å². The van der Waals surface area contributed by atoms with Gasteiger partial charge in [0.15, 0.2) is 11.6 Å². The van der Waals surface area contributed by atoms with Gasteiger partial charge in [0, 0.05) is 18.8 Å². The maximum atomic E-state index is 14.7. The second-order valence-electron chi connectivity index (χ2n) is 7.42. The number of nitrogens with one attached hydrogen (secondary N) is 1. The van der Waals surface area contributed by atoms with Crippen LogP contribution in [0.3, 0.4) is 0 Å². The van der Waals surface area contributed by atoms with Crippen LogP contribution in [0.4, 0.5) is 17.6 Å². The highest BCUT2D eigenvalue weighted by Crippen LogP contribution is 2.42. The summed E-state index contributed by atoms with van der Waals surface area (Å²) in [7, 11) is 1.18. The van der Waals surface area contributed by atoms with Gasteiger partial charge in [0.05, 0.1) is 19.3 Å². The van der Waals surface area contributed by atoms with Crippen molar-refractivity contribution in [3.05, 3.63) is 83.2 Å². The summed E-state index contributed by atoms with van der Waals surface area (Å²) in [6.07, 6.45) is -2.34. The van der Waals surface area contributed by atoms with Crippen LogP contribution < -0.4 is 14.8 Å². The summed E-state index contributed by atoms with van der Waals surface area (Å²) >= 11 is 0. The van der Waals surface area contributed by atoms with Crippen LogP contribution in [0.15, 0.2) is 54.9 Å². The number of hydrogen-bond donors (Lipinski definition) is 1. The maximum absolute atomic E-state index is 14.7. The Morgan fingerprint density at radius 1 is 1.11 bits per heavy atom. The highest BCUT2D eigenvalue weighted by Gasteiger charge is 2.43. The van der Waals surface area contributed by atoms with Crippen molar-refractivity contribution in [2.75, 3.05) is 13.7 Å². The number of carbonyl (C=O) groups is 2. The molecule has 0 fully saturated rings. The Bertz CT molecular complexity index is 1280. The third kappa shape index (κ3) is 4.86. The third-order valence-electron chi connectivity index (χ3n) is 5.30. The summed E-state index contributed by atoms with van der Waals surface area (Å²) in [5.41, 5.74) is -1.24. The van der Waals surface area contributed by atoms with Crippen LogP contribution in [-0.4, -0.2) is 41.9 Å². The zero-order valence-corrected chi connectivity index (χ0v) is 18.1. The Labute approximate surface area is 195 Å². The molecule has 3 aromatic rings. The molecule has 2 aromatic heterocycles. The summed E-state index contributed by atoms with van der Waals surface area (Å²) < 4.78 is 66.5. The smallest absolute Gasteiger partial charge is 0.491 e. The zero-order valence-electron chi connectivity index (χ0n) is 18.1. The Balaban J connectivity index is 1.79. The summed E-state index contributed by atoms with van der Waals surface area (Å²) in [6, 6.07) is 8.62. The molecule has 0 bridgehead atoms. The predicted molar refractivity (Wildman–Crippen MR) is 111 cm³/mol. The van der Waals surface area contributed by atoms with Gasteiger partial charge in [-0.3, -0.25) is 14.8 Å². The minimum absolute atomic E-state index is 0.0678. The number of hydrogen-bond acceptors (Lipinski definition) is 7. The van der Waals surface area contributed by atoms with Crippen molar-refractivity contribution in [3.63, 3.8) is 0 Å². The van der Waals surface area contributed by atoms with Crippen molar-refractivity contribution in [2.24, 2.45) is 0 Å². The number of rotatable bonds is 5. The quantitative estimate of drug-likeness (QED) is 0.429. The van der Waals surface area contributed by atoms with E-state index in [1.165, 1.54) is 37.7 Å². The van der Waals surface area contributed by atoms with Crippen LogP contribution in [0, 0.1) is 5.82 Å². The number of amides is 1. The maximum Gasteiger partial charge on any atom is 0.573 e. The summed E-state index contributed by atoms with van der Waals surface area (Å²) in [5, 5.41) is 2.77. The molecule has 0 saturated heterocycles. The Hall–Kier alpha value is -4.22. The molecule has 1 atom stereocenters. The first-order valence-corrected chi connectivity index (χ1v) is 10.1. The van der Waals surface area contributed by atoms with Crippen molar-refractivity contribution in [1.82, 2.24) is 15.3 Å². The fraction of sp³-hybridized carbons (Fsp3) is 0.217. The van der Waals surface area contributed by atoms with Crippen molar-refractivity contribution in [3.8, 4) is 11.5 Å². The van der Waals surface area contributed by atoms with E-state index in [1.807, 2.05) is 0 Å². The van der Waals surface area contributed by atoms with E-state index in [0.29, 0.717) is 5.75 Å². The molecule has 35 heavy (non-hydrogen) atoms. The van der Waals surface area contributed by atoms with Crippen molar-refractivity contribution in [1.29, 1.82) is 0 Å². The van der Waals surface area contributed by atoms with Gasteiger partial charge in [-0.15, -0.1) is 13.2 Å². The number of fused-ring (bicyclic) bond motifs is 1. The van der Waals surface area contributed by atoms with Gasteiger partial charge in [-0.05, 0) is 42.0 Å². The fourth-order valence-corrected chi connectivity index (χ4v) is 3.77. The van der Waals surface area contributed by atoms with E-state index in [4.69, 9.17) is 4.74 Å². The zero-order chi connectivity index (χ0) is 25.2. The van der Waals surface area contributed by atoms with E-state index in [0.717, 1.165) is 12.1 Å². The monoisotopic (exact) mass is 491 g/mol. The molecule has 1 aliphatic heterocycles. The highest BCUT2D eigenvalue weighted by atomic mass is 19.4. The Morgan fingerprint density at radius 2 is 1.91 bits per heavy atom. The number of esters is 1. The largest absolute Gasteiger partial charge is 0.573 e. The van der Waals surface area contributed by atoms with Crippen molar-refractivity contribution >= 4 is 11.9 Å². The number of pyridine rings is 2. The standard InChI is InChI=1S/C23H17F4N3O5/c1-33-21(32)13-6-9-28-16(11-13)20(31)30-22(7-10-34-18-3-2-8-29-19(18)22)14-4-5-17(15(24)12-14)35-23(25,26)27/h2-6,8-9,11-12H,7,10H2,1H3,(H,30,31)/t22-/m0/s1. The van der Waals surface area contributed by atoms with E-state index >= 15 is 0 Å². The van der Waals surface area contributed by atoms with Crippen LogP contribution in [0.2, 0.25) is 0 Å². The number of ether oxygens (including phenoxy) is 3.